The third-order valence-electron chi connectivity index (χ3n) is 8.27. The molecular weight excluding hydrogens is 576 g/mol. The Kier molecular flexibility index (Phi) is 6.93. The van der Waals surface area contributed by atoms with Crippen molar-refractivity contribution in [3.63, 3.8) is 0 Å². The average Bonchev–Trinajstić information content (AvgIpc) is 3.92. The summed E-state index contributed by atoms with van der Waals surface area (Å²) in [5.41, 5.74) is -1.97. The molecule has 0 spiro atoms. The summed E-state index contributed by atoms with van der Waals surface area (Å²) < 4.78 is 85.7. The molecule has 7 nitrogen and oxygen atoms in total. The molecule has 2 aromatic carbocycles. The summed E-state index contributed by atoms with van der Waals surface area (Å²) in [5, 5.41) is 4.58. The quantitative estimate of drug-likeness (QED) is 0.207. The molecule has 13 heteroatoms. The van der Waals surface area contributed by atoms with Gasteiger partial charge in [-0.25, -0.2) is 23.1 Å². The van der Waals surface area contributed by atoms with Crippen molar-refractivity contribution in [3.8, 4) is 0 Å². The Bertz CT molecular complexity index is 1710. The molecule has 2 heterocycles. The zero-order valence-corrected chi connectivity index (χ0v) is 22.5. The number of hydrogen-bond donors (Lipinski definition) is 2. The van der Waals surface area contributed by atoms with Crippen molar-refractivity contribution < 1.29 is 35.9 Å². The first kappa shape index (κ1) is 28.7. The molecule has 0 unspecified atom stereocenters. The molecule has 2 aliphatic carbocycles. The Balaban J connectivity index is 1.31. The maximum atomic E-state index is 14.5. The van der Waals surface area contributed by atoms with E-state index >= 15 is 0 Å². The van der Waals surface area contributed by atoms with Crippen molar-refractivity contribution >= 4 is 23.0 Å². The molecule has 0 aliphatic heterocycles. The van der Waals surface area contributed by atoms with E-state index in [9.17, 15) is 35.9 Å². The molecule has 2 amide bonds. The number of carbonyl (C=O) groups excluding carboxylic acids is 2. The van der Waals surface area contributed by atoms with Gasteiger partial charge in [0.25, 0.3) is 0 Å². The monoisotopic (exact) mass is 601 g/mol. The fraction of sp³-hybridized carbons (Fsp3) is 0.333. The SMILES string of the molecule is O=C(NCc1nc2cccnc2n1C1(c2ccccc2)CC1)[C@@H](Cc1c(F)ccc(F)c1F)NC(=O)C1(C(F)(F)F)CC1. The summed E-state index contributed by atoms with van der Waals surface area (Å²) in [6.07, 6.45) is -3.66. The summed E-state index contributed by atoms with van der Waals surface area (Å²) in [6.45, 7) is -0.241. The zero-order valence-electron chi connectivity index (χ0n) is 22.5. The first-order chi connectivity index (χ1) is 20.5. The largest absolute Gasteiger partial charge is 0.403 e. The molecule has 4 aromatic rings. The Morgan fingerprint density at radius 3 is 2.28 bits per heavy atom. The number of amides is 2. The lowest BCUT2D eigenvalue weighted by molar-refractivity contribution is -0.192. The lowest BCUT2D eigenvalue weighted by Gasteiger charge is -2.24. The Hall–Kier alpha value is -4.42. The number of halogens is 6. The number of carbonyl (C=O) groups is 2. The fourth-order valence-corrected chi connectivity index (χ4v) is 5.56. The fourth-order valence-electron chi connectivity index (χ4n) is 5.56. The second-order valence-corrected chi connectivity index (χ2v) is 11.0. The van der Waals surface area contributed by atoms with Gasteiger partial charge >= 0.3 is 6.18 Å². The third-order valence-corrected chi connectivity index (χ3v) is 8.27. The number of alkyl halides is 3. The average molecular weight is 602 g/mol. The van der Waals surface area contributed by atoms with Gasteiger partial charge in [-0.05, 0) is 55.5 Å². The van der Waals surface area contributed by atoms with Crippen molar-refractivity contribution in [1.29, 1.82) is 0 Å². The van der Waals surface area contributed by atoms with Crippen LogP contribution in [0.3, 0.4) is 0 Å². The maximum Gasteiger partial charge on any atom is 0.403 e. The molecular formula is C30H25F6N5O2. The van der Waals surface area contributed by atoms with E-state index < -0.39 is 77.3 Å². The van der Waals surface area contributed by atoms with Crippen LogP contribution >= 0.6 is 0 Å². The molecule has 43 heavy (non-hydrogen) atoms. The smallest absolute Gasteiger partial charge is 0.347 e. The minimum atomic E-state index is -4.89. The molecule has 1 atom stereocenters. The highest BCUT2D eigenvalue weighted by atomic mass is 19.4. The summed E-state index contributed by atoms with van der Waals surface area (Å²) in [6, 6.07) is 12.4. The highest BCUT2D eigenvalue weighted by Crippen LogP contribution is 2.57. The van der Waals surface area contributed by atoms with Crippen molar-refractivity contribution in [2.45, 2.75) is 56.4 Å². The van der Waals surface area contributed by atoms with Gasteiger partial charge in [-0.2, -0.15) is 13.2 Å². The van der Waals surface area contributed by atoms with Crippen LogP contribution in [0.1, 0.15) is 42.6 Å². The number of pyridine rings is 1. The zero-order chi connectivity index (χ0) is 30.6. The first-order valence-corrected chi connectivity index (χ1v) is 13.6. The van der Waals surface area contributed by atoms with E-state index in [1.54, 1.807) is 18.3 Å². The number of rotatable bonds is 9. The molecule has 0 bridgehead atoms. The molecule has 2 aliphatic rings. The van der Waals surface area contributed by atoms with E-state index in [2.05, 4.69) is 15.3 Å². The van der Waals surface area contributed by atoms with Gasteiger partial charge in [0.2, 0.25) is 11.8 Å². The molecule has 2 fully saturated rings. The number of benzene rings is 2. The van der Waals surface area contributed by atoms with Crippen molar-refractivity contribution in [2.75, 3.05) is 0 Å². The van der Waals surface area contributed by atoms with E-state index in [4.69, 9.17) is 0 Å². The standard InChI is InChI=1S/C30H25F6N5O2/c31-19-8-9-20(32)24(33)18(19)15-22(40-27(43)28(10-11-28)30(34,35)36)26(42)38-16-23-39-21-7-4-14-37-25(21)41(23)29(12-13-29)17-5-2-1-3-6-17/h1-9,14,22H,10-13,15-16H2,(H,38,42)(H,40,43)/t22-/m1/s1. The van der Waals surface area contributed by atoms with Crippen LogP contribution in [-0.2, 0) is 28.1 Å². The predicted octanol–water partition coefficient (Wildman–Crippen LogP) is 5.07. The number of hydrogen-bond acceptors (Lipinski definition) is 4. The van der Waals surface area contributed by atoms with Gasteiger partial charge in [0.15, 0.2) is 17.3 Å². The topological polar surface area (TPSA) is 88.9 Å². The maximum absolute atomic E-state index is 14.5. The summed E-state index contributed by atoms with van der Waals surface area (Å²) in [7, 11) is 0. The van der Waals surface area contributed by atoms with Crippen LogP contribution in [0.4, 0.5) is 26.3 Å². The Morgan fingerprint density at radius 2 is 1.63 bits per heavy atom. The number of fused-ring (bicyclic) bond motifs is 1. The van der Waals surface area contributed by atoms with Crippen molar-refractivity contribution in [3.05, 3.63) is 95.2 Å². The lowest BCUT2D eigenvalue weighted by atomic mass is 10.0. The van der Waals surface area contributed by atoms with Crippen LogP contribution in [0, 0.1) is 22.9 Å². The molecule has 0 saturated heterocycles. The summed E-state index contributed by atoms with van der Waals surface area (Å²) >= 11 is 0. The molecule has 2 N–H and O–H groups in total. The Labute approximate surface area is 241 Å². The van der Waals surface area contributed by atoms with Crippen LogP contribution < -0.4 is 10.6 Å². The number of nitrogens with zero attached hydrogens (tertiary/aromatic N) is 3. The second kappa shape index (κ2) is 10.4. The van der Waals surface area contributed by atoms with Crippen molar-refractivity contribution in [2.24, 2.45) is 5.41 Å². The van der Waals surface area contributed by atoms with E-state index in [0.29, 0.717) is 29.1 Å². The van der Waals surface area contributed by atoms with Gasteiger partial charge < -0.3 is 15.2 Å². The summed E-state index contributed by atoms with van der Waals surface area (Å²) in [5.74, 6) is -6.36. The predicted molar refractivity (Wildman–Crippen MR) is 142 cm³/mol. The van der Waals surface area contributed by atoms with E-state index in [1.807, 2.05) is 40.2 Å². The molecule has 224 valence electrons. The van der Waals surface area contributed by atoms with Gasteiger partial charge in [0.1, 0.15) is 28.6 Å². The number of aromatic nitrogens is 3. The second-order valence-electron chi connectivity index (χ2n) is 11.0. The van der Waals surface area contributed by atoms with Gasteiger partial charge in [0.05, 0.1) is 12.1 Å². The molecule has 0 radical (unpaired) electrons. The van der Waals surface area contributed by atoms with Crippen LogP contribution in [0.5, 0.6) is 0 Å². The van der Waals surface area contributed by atoms with Gasteiger partial charge in [-0.3, -0.25) is 9.59 Å². The van der Waals surface area contributed by atoms with E-state index in [1.165, 1.54) is 0 Å². The molecule has 2 saturated carbocycles. The van der Waals surface area contributed by atoms with E-state index in [-0.39, 0.29) is 6.54 Å². The molecule has 2 aromatic heterocycles. The highest BCUT2D eigenvalue weighted by molar-refractivity contribution is 5.92. The van der Waals surface area contributed by atoms with Gasteiger partial charge in [0, 0.05) is 18.2 Å². The minimum absolute atomic E-state index is 0.241. The number of imidazole rings is 1. The third kappa shape index (κ3) is 5.00. The summed E-state index contributed by atoms with van der Waals surface area (Å²) in [4.78, 5) is 35.3. The van der Waals surface area contributed by atoms with Crippen LogP contribution in [-0.4, -0.2) is 38.6 Å². The normalized spacial score (nSPS) is 17.3. The van der Waals surface area contributed by atoms with E-state index in [0.717, 1.165) is 18.4 Å². The number of nitrogens with one attached hydrogen (secondary N) is 2. The lowest BCUT2D eigenvalue weighted by Crippen LogP contribution is -2.52. The van der Waals surface area contributed by atoms with Crippen LogP contribution in [0.2, 0.25) is 0 Å². The molecule has 6 rings (SSSR count). The minimum Gasteiger partial charge on any atom is -0.347 e. The van der Waals surface area contributed by atoms with Gasteiger partial charge in [-0.15, -0.1) is 0 Å². The first-order valence-electron chi connectivity index (χ1n) is 13.6. The van der Waals surface area contributed by atoms with Crippen LogP contribution in [0.25, 0.3) is 11.2 Å². The Morgan fingerprint density at radius 1 is 0.930 bits per heavy atom. The van der Waals surface area contributed by atoms with Crippen molar-refractivity contribution in [1.82, 2.24) is 25.2 Å². The van der Waals surface area contributed by atoms with Crippen LogP contribution in [0.15, 0.2) is 60.8 Å². The highest BCUT2D eigenvalue weighted by Gasteiger charge is 2.68. The van der Waals surface area contributed by atoms with Gasteiger partial charge in [-0.1, -0.05) is 30.3 Å².